The van der Waals surface area contributed by atoms with E-state index in [-0.39, 0.29) is 17.8 Å². The molecule has 3 nitrogen and oxygen atoms in total. The highest BCUT2D eigenvalue weighted by Crippen LogP contribution is 2.24. The molecule has 2 rings (SSSR count). The van der Waals surface area contributed by atoms with E-state index < -0.39 is 0 Å². The van der Waals surface area contributed by atoms with Gasteiger partial charge >= 0.3 is 0 Å². The fraction of sp³-hybridized carbons (Fsp3) is 0.583. The fourth-order valence-electron chi connectivity index (χ4n) is 2.28. The summed E-state index contributed by atoms with van der Waals surface area (Å²) in [6.45, 7) is 5.66. The topological polar surface area (TPSA) is 23.6 Å². The Bertz CT molecular complexity index is 426. The fourth-order valence-corrected chi connectivity index (χ4v) is 3.96. The molecule has 6 heteroatoms. The summed E-state index contributed by atoms with van der Waals surface area (Å²) in [5.74, 6) is 0.130. The average Bonchev–Trinajstić information content (AvgIpc) is 2.74. The number of carbonyl (C=O) groups is 1. The second-order valence-electron chi connectivity index (χ2n) is 4.51. The van der Waals surface area contributed by atoms with Gasteiger partial charge in [-0.2, -0.15) is 0 Å². The molecule has 1 saturated heterocycles. The van der Waals surface area contributed by atoms with Crippen LogP contribution in [0.15, 0.2) is 15.9 Å². The van der Waals surface area contributed by atoms with Crippen LogP contribution in [0.5, 0.6) is 0 Å². The lowest BCUT2D eigenvalue weighted by atomic mass is 10.2. The third kappa shape index (κ3) is 3.47. The Morgan fingerprint density at radius 1 is 1.56 bits per heavy atom. The number of hydrogen-bond acceptors (Lipinski definition) is 3. The molecular weight excluding hydrogens is 336 g/mol. The molecular formula is C12H16BrClN2OS. The normalized spacial score (nSPS) is 21.3. The van der Waals surface area contributed by atoms with Gasteiger partial charge in [0.1, 0.15) is 5.88 Å². The van der Waals surface area contributed by atoms with Crippen LogP contribution in [0.3, 0.4) is 0 Å². The van der Waals surface area contributed by atoms with Crippen LogP contribution >= 0.6 is 38.9 Å². The van der Waals surface area contributed by atoms with Gasteiger partial charge in [0, 0.05) is 37.1 Å². The lowest BCUT2D eigenvalue weighted by Crippen LogP contribution is -2.53. The zero-order valence-corrected chi connectivity index (χ0v) is 13.4. The third-order valence-electron chi connectivity index (χ3n) is 3.15. The quantitative estimate of drug-likeness (QED) is 0.782. The Hall–Kier alpha value is -0.100. The molecule has 1 aromatic rings. The predicted octanol–water partition coefficient (Wildman–Crippen LogP) is 2.78. The molecule has 0 aliphatic carbocycles. The van der Waals surface area contributed by atoms with Crippen LogP contribution in [0.25, 0.3) is 0 Å². The molecule has 0 saturated carbocycles. The maximum Gasteiger partial charge on any atom is 0.237 e. The molecule has 18 heavy (non-hydrogen) atoms. The van der Waals surface area contributed by atoms with Crippen LogP contribution in [-0.4, -0.2) is 47.3 Å². The molecule has 1 aromatic heterocycles. The molecule has 100 valence electrons. The number of carbonyl (C=O) groups excluding carboxylic acids is 1. The van der Waals surface area contributed by atoms with Crippen LogP contribution < -0.4 is 0 Å². The van der Waals surface area contributed by atoms with Crippen LogP contribution in [0, 0.1) is 0 Å². The number of alkyl halides is 1. The lowest BCUT2D eigenvalue weighted by molar-refractivity contribution is -0.132. The highest BCUT2D eigenvalue weighted by atomic mass is 79.9. The number of thiophene rings is 1. The van der Waals surface area contributed by atoms with Crippen molar-refractivity contribution in [3.05, 3.63) is 20.8 Å². The minimum absolute atomic E-state index is 0.0442. The monoisotopic (exact) mass is 350 g/mol. The maximum absolute atomic E-state index is 11.6. The molecule has 1 aliphatic rings. The van der Waals surface area contributed by atoms with Gasteiger partial charge < -0.3 is 4.90 Å². The number of amides is 1. The predicted molar refractivity (Wildman–Crippen MR) is 79.2 cm³/mol. The van der Waals surface area contributed by atoms with Gasteiger partial charge in [-0.1, -0.05) is 0 Å². The van der Waals surface area contributed by atoms with Crippen LogP contribution in [0.1, 0.15) is 11.8 Å². The summed E-state index contributed by atoms with van der Waals surface area (Å²) in [6, 6.07) is 4.47. The number of halogens is 2. The molecule has 2 heterocycles. The summed E-state index contributed by atoms with van der Waals surface area (Å²) in [5.41, 5.74) is 0. The van der Waals surface area contributed by atoms with Gasteiger partial charge in [-0.15, -0.1) is 22.9 Å². The molecule has 0 N–H and O–H groups in total. The average molecular weight is 352 g/mol. The van der Waals surface area contributed by atoms with E-state index in [9.17, 15) is 4.79 Å². The SMILES string of the molecule is CC1CN(Cc2ccc(Br)s2)CCN1C(=O)CCl. The first-order valence-electron chi connectivity index (χ1n) is 5.92. The number of hydrogen-bond donors (Lipinski definition) is 0. The standard InChI is InChI=1S/C12H16BrClN2OS/c1-9-7-15(4-5-16(9)12(17)6-14)8-10-2-3-11(13)18-10/h2-3,9H,4-8H2,1H3. The van der Waals surface area contributed by atoms with Crippen LogP contribution in [0.2, 0.25) is 0 Å². The van der Waals surface area contributed by atoms with E-state index in [0.717, 1.165) is 26.2 Å². The van der Waals surface area contributed by atoms with Crippen LogP contribution in [-0.2, 0) is 11.3 Å². The number of nitrogens with zero attached hydrogens (tertiary/aromatic N) is 2. The van der Waals surface area contributed by atoms with Gasteiger partial charge in [0.15, 0.2) is 0 Å². The molecule has 1 aliphatic heterocycles. The number of piperazine rings is 1. The summed E-state index contributed by atoms with van der Waals surface area (Å²) in [4.78, 5) is 17.2. The Labute approximate surface area is 125 Å². The van der Waals surface area contributed by atoms with Crippen molar-refractivity contribution in [3.63, 3.8) is 0 Å². The smallest absolute Gasteiger partial charge is 0.237 e. The van der Waals surface area contributed by atoms with E-state index in [4.69, 9.17) is 11.6 Å². The van der Waals surface area contributed by atoms with Crippen molar-refractivity contribution < 1.29 is 4.79 Å². The number of rotatable bonds is 3. The second-order valence-corrected chi connectivity index (χ2v) is 7.33. The van der Waals surface area contributed by atoms with Crippen molar-refractivity contribution in [1.82, 2.24) is 9.80 Å². The summed E-state index contributed by atoms with van der Waals surface area (Å²) in [5, 5.41) is 0. The van der Waals surface area contributed by atoms with Crippen molar-refractivity contribution in [1.29, 1.82) is 0 Å². The van der Waals surface area contributed by atoms with E-state index in [1.54, 1.807) is 11.3 Å². The Morgan fingerprint density at radius 3 is 2.89 bits per heavy atom. The van der Waals surface area contributed by atoms with E-state index >= 15 is 0 Å². The molecule has 0 radical (unpaired) electrons. The van der Waals surface area contributed by atoms with Crippen LogP contribution in [0.4, 0.5) is 0 Å². The Kier molecular flexibility index (Phi) is 5.06. The minimum atomic E-state index is 0.0442. The first-order valence-corrected chi connectivity index (χ1v) is 8.06. The van der Waals surface area contributed by atoms with E-state index in [1.807, 2.05) is 4.90 Å². The molecule has 1 amide bonds. The summed E-state index contributed by atoms with van der Waals surface area (Å²) in [7, 11) is 0. The second kappa shape index (κ2) is 6.37. The molecule has 0 spiro atoms. The van der Waals surface area contributed by atoms with Gasteiger partial charge in [0.05, 0.1) is 3.79 Å². The van der Waals surface area contributed by atoms with Crippen molar-refractivity contribution >= 4 is 44.8 Å². The van der Waals surface area contributed by atoms with Gasteiger partial charge in [-0.25, -0.2) is 0 Å². The molecule has 1 atom stereocenters. The molecule has 0 bridgehead atoms. The Balaban J connectivity index is 1.90. The van der Waals surface area contributed by atoms with Gasteiger partial charge in [0.25, 0.3) is 0 Å². The summed E-state index contributed by atoms with van der Waals surface area (Å²) < 4.78 is 1.17. The van der Waals surface area contributed by atoms with Gasteiger partial charge in [-0.05, 0) is 35.0 Å². The zero-order chi connectivity index (χ0) is 13.1. The van der Waals surface area contributed by atoms with E-state index in [1.165, 1.54) is 8.66 Å². The van der Waals surface area contributed by atoms with Crippen molar-refractivity contribution in [2.24, 2.45) is 0 Å². The zero-order valence-electron chi connectivity index (χ0n) is 10.2. The molecule has 0 aromatic carbocycles. The van der Waals surface area contributed by atoms with E-state index in [0.29, 0.717) is 0 Å². The highest BCUT2D eigenvalue weighted by Gasteiger charge is 2.26. The maximum atomic E-state index is 11.6. The first kappa shape index (κ1) is 14.3. The van der Waals surface area contributed by atoms with Gasteiger partial charge in [-0.3, -0.25) is 9.69 Å². The minimum Gasteiger partial charge on any atom is -0.336 e. The van der Waals surface area contributed by atoms with Gasteiger partial charge in [0.2, 0.25) is 5.91 Å². The van der Waals surface area contributed by atoms with Crippen molar-refractivity contribution in [2.45, 2.75) is 19.5 Å². The molecule has 1 fully saturated rings. The first-order chi connectivity index (χ1) is 8.60. The van der Waals surface area contributed by atoms with E-state index in [2.05, 4.69) is 39.9 Å². The Morgan fingerprint density at radius 2 is 2.33 bits per heavy atom. The largest absolute Gasteiger partial charge is 0.336 e. The molecule has 1 unspecified atom stereocenters. The third-order valence-corrected chi connectivity index (χ3v) is 4.99. The lowest BCUT2D eigenvalue weighted by Gasteiger charge is -2.39. The van der Waals surface area contributed by atoms with Crippen molar-refractivity contribution in [3.8, 4) is 0 Å². The summed E-state index contributed by atoms with van der Waals surface area (Å²) >= 11 is 10.9. The summed E-state index contributed by atoms with van der Waals surface area (Å²) in [6.07, 6.45) is 0. The highest BCUT2D eigenvalue weighted by molar-refractivity contribution is 9.11. The van der Waals surface area contributed by atoms with Crippen molar-refractivity contribution in [2.75, 3.05) is 25.5 Å².